The van der Waals surface area contributed by atoms with Crippen molar-refractivity contribution in [1.29, 1.82) is 0 Å². The minimum atomic E-state index is -0.652. The highest BCUT2D eigenvalue weighted by atomic mass is 35.5. The van der Waals surface area contributed by atoms with Crippen molar-refractivity contribution >= 4 is 28.8 Å². The van der Waals surface area contributed by atoms with E-state index >= 15 is 0 Å². The first kappa shape index (κ1) is 21.7. The minimum absolute atomic E-state index is 0.0937. The first-order chi connectivity index (χ1) is 16.1. The Balaban J connectivity index is 1.35. The van der Waals surface area contributed by atoms with E-state index < -0.39 is 11.6 Å². The molecule has 2 aliphatic heterocycles. The summed E-state index contributed by atoms with van der Waals surface area (Å²) in [5, 5.41) is 11.3. The van der Waals surface area contributed by atoms with E-state index in [2.05, 4.69) is 20.4 Å². The molecular formula is C23H22ClF2N5O2. The Morgan fingerprint density at radius 2 is 1.76 bits per heavy atom. The molecule has 0 bridgehead atoms. The Labute approximate surface area is 194 Å². The quantitative estimate of drug-likeness (QED) is 0.548. The lowest BCUT2D eigenvalue weighted by Crippen LogP contribution is -2.36. The number of anilines is 3. The molecule has 0 saturated carbocycles. The second kappa shape index (κ2) is 9.36. The number of nitrogens with zero attached hydrogens (tertiary/aromatic N) is 4. The van der Waals surface area contributed by atoms with Crippen LogP contribution in [0.15, 0.2) is 42.5 Å². The molecule has 33 heavy (non-hydrogen) atoms. The molecule has 3 heterocycles. The van der Waals surface area contributed by atoms with E-state index in [1.165, 1.54) is 0 Å². The zero-order chi connectivity index (χ0) is 22.8. The predicted molar refractivity (Wildman–Crippen MR) is 122 cm³/mol. The molecule has 0 spiro atoms. The van der Waals surface area contributed by atoms with E-state index in [9.17, 15) is 8.78 Å². The lowest BCUT2D eigenvalue weighted by molar-refractivity contribution is 0.122. The van der Waals surface area contributed by atoms with E-state index in [0.29, 0.717) is 36.2 Å². The summed E-state index contributed by atoms with van der Waals surface area (Å²) in [6.45, 7) is 4.38. The lowest BCUT2D eigenvalue weighted by Gasteiger charge is -2.31. The van der Waals surface area contributed by atoms with Crippen molar-refractivity contribution < 1.29 is 18.3 Å². The number of hydrogen-bond donors (Lipinski definition) is 1. The minimum Gasteiger partial charge on any atom is -0.437 e. The van der Waals surface area contributed by atoms with Crippen LogP contribution in [0, 0.1) is 11.6 Å². The van der Waals surface area contributed by atoms with Crippen LogP contribution in [-0.4, -0.2) is 49.6 Å². The summed E-state index contributed by atoms with van der Waals surface area (Å²) in [7, 11) is 0. The van der Waals surface area contributed by atoms with Crippen LogP contribution in [-0.2, 0) is 11.3 Å². The molecule has 1 fully saturated rings. The summed E-state index contributed by atoms with van der Waals surface area (Å²) in [5.74, 6) is 0.258. The molecule has 2 aromatic carbocycles. The number of ether oxygens (including phenoxy) is 2. The van der Waals surface area contributed by atoms with Crippen LogP contribution in [0.4, 0.5) is 26.0 Å². The number of morpholine rings is 1. The fraction of sp³-hybridized carbons (Fsp3) is 0.304. The number of nitrogens with one attached hydrogen (secondary N) is 1. The smallest absolute Gasteiger partial charge is 0.241 e. The van der Waals surface area contributed by atoms with Crippen molar-refractivity contribution in [3.63, 3.8) is 0 Å². The SMILES string of the molecule is Fc1ccc(F)c(CN2CCNc3nnc(Oc4ccc(N5CCOCC5)cc4)cc32)c1Cl. The van der Waals surface area contributed by atoms with E-state index in [4.69, 9.17) is 21.1 Å². The third kappa shape index (κ3) is 4.65. The molecule has 1 aromatic heterocycles. The topological polar surface area (TPSA) is 62.8 Å². The van der Waals surface area contributed by atoms with Crippen molar-refractivity contribution in [3.05, 3.63) is 64.7 Å². The standard InChI is InChI=1S/C23H22ClF2N5O2/c24-22-17(18(25)5-6-19(22)26)14-31-8-7-27-23-20(31)13-21(28-29-23)33-16-3-1-15(2-4-16)30-9-11-32-12-10-30/h1-6,13H,7-12,14H2,(H,27,29). The first-order valence-electron chi connectivity index (χ1n) is 10.7. The second-order valence-electron chi connectivity index (χ2n) is 7.78. The molecule has 0 amide bonds. The summed E-state index contributed by atoms with van der Waals surface area (Å²) in [5.41, 5.74) is 1.88. The van der Waals surface area contributed by atoms with Gasteiger partial charge in [0, 0.05) is 50.0 Å². The zero-order valence-corrected chi connectivity index (χ0v) is 18.5. The van der Waals surface area contributed by atoms with Gasteiger partial charge in [-0.3, -0.25) is 0 Å². The van der Waals surface area contributed by atoms with Gasteiger partial charge in [0.15, 0.2) is 5.82 Å². The molecule has 172 valence electrons. The van der Waals surface area contributed by atoms with Gasteiger partial charge < -0.3 is 24.6 Å². The summed E-state index contributed by atoms with van der Waals surface area (Å²) < 4.78 is 39.5. The Hall–Kier alpha value is -3.17. The molecule has 0 atom stereocenters. The number of benzene rings is 2. The highest BCUT2D eigenvalue weighted by Gasteiger charge is 2.23. The van der Waals surface area contributed by atoms with Crippen LogP contribution in [0.1, 0.15) is 5.56 Å². The van der Waals surface area contributed by atoms with Crippen molar-refractivity contribution in [3.8, 4) is 11.6 Å². The molecule has 3 aromatic rings. The summed E-state index contributed by atoms with van der Waals surface area (Å²) in [4.78, 5) is 4.13. The van der Waals surface area contributed by atoms with E-state index in [1.807, 2.05) is 29.2 Å². The molecule has 5 rings (SSSR count). The molecule has 7 nitrogen and oxygen atoms in total. The van der Waals surface area contributed by atoms with Crippen LogP contribution >= 0.6 is 11.6 Å². The number of halogens is 3. The average molecular weight is 474 g/mol. The van der Waals surface area contributed by atoms with Crippen LogP contribution in [0.25, 0.3) is 0 Å². The van der Waals surface area contributed by atoms with Gasteiger partial charge in [0.1, 0.15) is 17.4 Å². The Morgan fingerprint density at radius 3 is 2.55 bits per heavy atom. The third-order valence-electron chi connectivity index (χ3n) is 5.69. The third-order valence-corrected chi connectivity index (χ3v) is 6.10. The van der Waals surface area contributed by atoms with Gasteiger partial charge in [0.05, 0.1) is 23.9 Å². The van der Waals surface area contributed by atoms with Crippen molar-refractivity contribution in [2.45, 2.75) is 6.54 Å². The number of rotatable bonds is 5. The maximum absolute atomic E-state index is 14.3. The maximum Gasteiger partial charge on any atom is 0.241 e. The van der Waals surface area contributed by atoms with Gasteiger partial charge in [-0.1, -0.05) is 11.6 Å². The van der Waals surface area contributed by atoms with Gasteiger partial charge in [-0.2, -0.15) is 0 Å². The van der Waals surface area contributed by atoms with Crippen LogP contribution in [0.5, 0.6) is 11.6 Å². The number of hydrogen-bond acceptors (Lipinski definition) is 7. The predicted octanol–water partition coefficient (Wildman–Crippen LogP) is 4.47. The Morgan fingerprint density at radius 1 is 1.00 bits per heavy atom. The van der Waals surface area contributed by atoms with Gasteiger partial charge in [-0.15, -0.1) is 10.2 Å². The fourth-order valence-corrected chi connectivity index (χ4v) is 4.16. The van der Waals surface area contributed by atoms with E-state index in [0.717, 1.165) is 44.1 Å². The lowest BCUT2D eigenvalue weighted by atomic mass is 10.1. The van der Waals surface area contributed by atoms with Gasteiger partial charge in [0.2, 0.25) is 5.88 Å². The van der Waals surface area contributed by atoms with Gasteiger partial charge >= 0.3 is 0 Å². The Bertz CT molecular complexity index is 1140. The highest BCUT2D eigenvalue weighted by Crippen LogP contribution is 2.34. The first-order valence-corrected chi connectivity index (χ1v) is 11.1. The molecule has 2 aliphatic rings. The fourth-order valence-electron chi connectivity index (χ4n) is 3.95. The van der Waals surface area contributed by atoms with E-state index in [-0.39, 0.29) is 17.1 Å². The molecule has 0 radical (unpaired) electrons. The van der Waals surface area contributed by atoms with Crippen LogP contribution < -0.4 is 19.9 Å². The van der Waals surface area contributed by atoms with Crippen LogP contribution in [0.2, 0.25) is 5.02 Å². The van der Waals surface area contributed by atoms with Gasteiger partial charge in [-0.25, -0.2) is 8.78 Å². The number of fused-ring (bicyclic) bond motifs is 1. The molecule has 1 saturated heterocycles. The second-order valence-corrected chi connectivity index (χ2v) is 8.16. The number of aromatic nitrogens is 2. The van der Waals surface area contributed by atoms with Crippen molar-refractivity contribution in [2.75, 3.05) is 54.5 Å². The zero-order valence-electron chi connectivity index (χ0n) is 17.7. The van der Waals surface area contributed by atoms with Crippen molar-refractivity contribution in [1.82, 2.24) is 10.2 Å². The highest BCUT2D eigenvalue weighted by molar-refractivity contribution is 6.31. The van der Waals surface area contributed by atoms with Crippen molar-refractivity contribution in [2.24, 2.45) is 0 Å². The van der Waals surface area contributed by atoms with Gasteiger partial charge in [-0.05, 0) is 36.4 Å². The molecule has 0 unspecified atom stereocenters. The normalized spacial score (nSPS) is 15.7. The summed E-state index contributed by atoms with van der Waals surface area (Å²) in [6.07, 6.45) is 0. The average Bonchev–Trinajstić information content (AvgIpc) is 2.85. The van der Waals surface area contributed by atoms with E-state index in [1.54, 1.807) is 6.07 Å². The maximum atomic E-state index is 14.3. The Kier molecular flexibility index (Phi) is 6.15. The summed E-state index contributed by atoms with van der Waals surface area (Å²) >= 11 is 6.03. The molecule has 0 aliphatic carbocycles. The molecular weight excluding hydrogens is 452 g/mol. The van der Waals surface area contributed by atoms with Crippen LogP contribution in [0.3, 0.4) is 0 Å². The summed E-state index contributed by atoms with van der Waals surface area (Å²) in [6, 6.07) is 11.6. The molecule has 1 N–H and O–H groups in total. The molecule has 10 heteroatoms. The monoisotopic (exact) mass is 473 g/mol. The van der Waals surface area contributed by atoms with Gasteiger partial charge in [0.25, 0.3) is 0 Å². The largest absolute Gasteiger partial charge is 0.437 e.